The van der Waals surface area contributed by atoms with Gasteiger partial charge in [0.1, 0.15) is 5.82 Å². The van der Waals surface area contributed by atoms with Gasteiger partial charge in [-0.2, -0.15) is 4.98 Å². The van der Waals surface area contributed by atoms with Crippen molar-refractivity contribution in [3.63, 3.8) is 0 Å². The van der Waals surface area contributed by atoms with E-state index in [0.717, 1.165) is 31.6 Å². The molecule has 1 rings (SSSR count). The van der Waals surface area contributed by atoms with E-state index in [0.29, 0.717) is 12.5 Å². The summed E-state index contributed by atoms with van der Waals surface area (Å²) in [7, 11) is 0. The van der Waals surface area contributed by atoms with Gasteiger partial charge in [-0.25, -0.2) is 0 Å². The summed E-state index contributed by atoms with van der Waals surface area (Å²) >= 11 is 0. The second-order valence-corrected chi connectivity index (χ2v) is 3.57. The third-order valence-corrected chi connectivity index (χ3v) is 2.08. The average Bonchev–Trinajstić information content (AvgIpc) is 2.33. The Balaban J connectivity index is 2.37. The van der Waals surface area contributed by atoms with Crippen LogP contribution < -0.4 is 10.1 Å². The number of anilines is 1. The predicted molar refractivity (Wildman–Crippen MR) is 67.9 cm³/mol. The number of unbranched alkanes of at least 4 members (excludes halogenated alkanes) is 1. The molecule has 0 atom stereocenters. The van der Waals surface area contributed by atoms with Crippen molar-refractivity contribution in [2.45, 2.75) is 26.2 Å². The Kier molecular flexibility index (Phi) is 6.07. The minimum atomic E-state index is 0.685. The van der Waals surface area contributed by atoms with Gasteiger partial charge in [0.05, 0.1) is 6.61 Å². The van der Waals surface area contributed by atoms with Crippen LogP contribution in [0.2, 0.25) is 0 Å². The number of nitrogens with one attached hydrogen (secondary N) is 1. The van der Waals surface area contributed by atoms with Gasteiger partial charge in [-0.3, -0.25) is 0 Å². The van der Waals surface area contributed by atoms with Crippen LogP contribution >= 0.6 is 0 Å². The van der Waals surface area contributed by atoms with Gasteiger partial charge in [0, 0.05) is 12.6 Å². The first-order valence-electron chi connectivity index (χ1n) is 5.81. The molecular formula is C13H20N2O. The highest BCUT2D eigenvalue weighted by molar-refractivity contribution is 5.36. The molecule has 0 saturated carbocycles. The van der Waals surface area contributed by atoms with E-state index in [4.69, 9.17) is 4.74 Å². The molecular weight excluding hydrogens is 200 g/mol. The summed E-state index contributed by atoms with van der Waals surface area (Å²) in [6, 6.07) is 5.78. The number of hydrogen-bond acceptors (Lipinski definition) is 3. The second-order valence-electron chi connectivity index (χ2n) is 3.57. The normalized spacial score (nSPS) is 9.81. The number of ether oxygens (including phenoxy) is 1. The fraction of sp³-hybridized carbons (Fsp3) is 0.462. The number of hydrogen-bond donors (Lipinski definition) is 1. The number of nitrogens with zero attached hydrogens (tertiary/aromatic N) is 1. The minimum absolute atomic E-state index is 0.685. The van der Waals surface area contributed by atoms with Gasteiger partial charge < -0.3 is 10.1 Å². The Morgan fingerprint density at radius 1 is 1.50 bits per heavy atom. The quantitative estimate of drug-likeness (QED) is 0.539. The van der Waals surface area contributed by atoms with Crippen LogP contribution in [0.3, 0.4) is 0 Å². The van der Waals surface area contributed by atoms with Gasteiger partial charge in [-0.15, -0.1) is 6.58 Å². The maximum Gasteiger partial charge on any atom is 0.215 e. The molecule has 0 unspecified atom stereocenters. The lowest BCUT2D eigenvalue weighted by atomic mass is 10.3. The van der Waals surface area contributed by atoms with Crippen LogP contribution in [0.1, 0.15) is 26.2 Å². The zero-order valence-electron chi connectivity index (χ0n) is 9.91. The van der Waals surface area contributed by atoms with E-state index < -0.39 is 0 Å². The second kappa shape index (κ2) is 7.74. The Morgan fingerprint density at radius 3 is 3.12 bits per heavy atom. The maximum atomic E-state index is 5.53. The smallest absolute Gasteiger partial charge is 0.215 e. The molecule has 1 aromatic rings. The summed E-state index contributed by atoms with van der Waals surface area (Å²) in [6.07, 6.45) is 4.95. The van der Waals surface area contributed by atoms with E-state index >= 15 is 0 Å². The summed E-state index contributed by atoms with van der Waals surface area (Å²) in [4.78, 5) is 4.35. The van der Waals surface area contributed by atoms with Crippen molar-refractivity contribution in [3.8, 4) is 5.88 Å². The summed E-state index contributed by atoms with van der Waals surface area (Å²) in [6.45, 7) is 7.43. The van der Waals surface area contributed by atoms with Crippen molar-refractivity contribution < 1.29 is 4.74 Å². The standard InChI is InChI=1S/C13H20N2O/c1-3-5-6-11-16-13-9-7-8-12(15-13)14-10-4-2/h3,7-9H,1,4-6,10-11H2,2H3,(H,14,15). The van der Waals surface area contributed by atoms with Crippen LogP contribution in [-0.4, -0.2) is 18.1 Å². The lowest BCUT2D eigenvalue weighted by Gasteiger charge is -2.07. The van der Waals surface area contributed by atoms with Crippen molar-refractivity contribution in [2.75, 3.05) is 18.5 Å². The van der Waals surface area contributed by atoms with Crippen molar-refractivity contribution in [2.24, 2.45) is 0 Å². The molecule has 1 heterocycles. The first kappa shape index (κ1) is 12.6. The topological polar surface area (TPSA) is 34.1 Å². The minimum Gasteiger partial charge on any atom is -0.478 e. The Bertz CT molecular complexity index is 313. The van der Waals surface area contributed by atoms with Crippen LogP contribution in [0.4, 0.5) is 5.82 Å². The van der Waals surface area contributed by atoms with Crippen molar-refractivity contribution >= 4 is 5.82 Å². The molecule has 0 aliphatic carbocycles. The highest BCUT2D eigenvalue weighted by Gasteiger charge is 1.97. The molecule has 0 aromatic carbocycles. The van der Waals surface area contributed by atoms with Crippen LogP contribution in [-0.2, 0) is 0 Å². The summed E-state index contributed by atoms with van der Waals surface area (Å²) < 4.78 is 5.53. The summed E-state index contributed by atoms with van der Waals surface area (Å²) in [5.74, 6) is 1.56. The van der Waals surface area contributed by atoms with Gasteiger partial charge in [-0.1, -0.05) is 19.1 Å². The van der Waals surface area contributed by atoms with Gasteiger partial charge >= 0.3 is 0 Å². The summed E-state index contributed by atoms with van der Waals surface area (Å²) in [5.41, 5.74) is 0. The van der Waals surface area contributed by atoms with E-state index in [9.17, 15) is 0 Å². The van der Waals surface area contributed by atoms with E-state index in [-0.39, 0.29) is 0 Å². The fourth-order valence-electron chi connectivity index (χ4n) is 1.25. The lowest BCUT2D eigenvalue weighted by Crippen LogP contribution is -2.04. The van der Waals surface area contributed by atoms with Crippen LogP contribution in [0.15, 0.2) is 30.9 Å². The first-order valence-corrected chi connectivity index (χ1v) is 5.81. The molecule has 3 heteroatoms. The zero-order valence-corrected chi connectivity index (χ0v) is 9.91. The molecule has 1 aromatic heterocycles. The maximum absolute atomic E-state index is 5.53. The fourth-order valence-corrected chi connectivity index (χ4v) is 1.25. The zero-order chi connectivity index (χ0) is 11.6. The Hall–Kier alpha value is -1.51. The highest BCUT2D eigenvalue weighted by Crippen LogP contribution is 2.11. The van der Waals surface area contributed by atoms with Crippen LogP contribution in [0, 0.1) is 0 Å². The highest BCUT2D eigenvalue weighted by atomic mass is 16.5. The molecule has 1 N–H and O–H groups in total. The number of pyridine rings is 1. The van der Waals surface area contributed by atoms with E-state index in [2.05, 4.69) is 23.8 Å². The third kappa shape index (κ3) is 4.82. The Labute approximate surface area is 97.5 Å². The molecule has 16 heavy (non-hydrogen) atoms. The Morgan fingerprint density at radius 2 is 2.38 bits per heavy atom. The molecule has 0 bridgehead atoms. The molecule has 0 fully saturated rings. The van der Waals surface area contributed by atoms with Crippen LogP contribution in [0.5, 0.6) is 5.88 Å². The van der Waals surface area contributed by atoms with E-state index in [1.54, 1.807) is 0 Å². The van der Waals surface area contributed by atoms with Crippen LogP contribution in [0.25, 0.3) is 0 Å². The monoisotopic (exact) mass is 220 g/mol. The van der Waals surface area contributed by atoms with Crippen molar-refractivity contribution in [3.05, 3.63) is 30.9 Å². The van der Waals surface area contributed by atoms with Crippen molar-refractivity contribution in [1.82, 2.24) is 4.98 Å². The van der Waals surface area contributed by atoms with E-state index in [1.807, 2.05) is 24.3 Å². The SMILES string of the molecule is C=CCCCOc1cccc(NCCC)n1. The van der Waals surface area contributed by atoms with Crippen molar-refractivity contribution in [1.29, 1.82) is 0 Å². The van der Waals surface area contributed by atoms with Gasteiger partial charge in [0.15, 0.2) is 0 Å². The molecule has 3 nitrogen and oxygen atoms in total. The first-order chi connectivity index (χ1) is 7.86. The molecule has 0 aliphatic rings. The summed E-state index contributed by atoms with van der Waals surface area (Å²) in [5, 5.41) is 3.23. The molecule has 0 aliphatic heterocycles. The lowest BCUT2D eigenvalue weighted by molar-refractivity contribution is 0.301. The molecule has 88 valence electrons. The molecule has 0 radical (unpaired) electrons. The average molecular weight is 220 g/mol. The van der Waals surface area contributed by atoms with Gasteiger partial charge in [0.25, 0.3) is 0 Å². The molecule has 0 saturated heterocycles. The van der Waals surface area contributed by atoms with Gasteiger partial charge in [-0.05, 0) is 25.3 Å². The molecule has 0 spiro atoms. The van der Waals surface area contributed by atoms with E-state index in [1.165, 1.54) is 0 Å². The predicted octanol–water partition coefficient (Wildman–Crippen LogP) is 3.25. The number of allylic oxidation sites excluding steroid dienone is 1. The number of aromatic nitrogens is 1. The molecule has 0 amide bonds. The third-order valence-electron chi connectivity index (χ3n) is 2.08. The largest absolute Gasteiger partial charge is 0.478 e. The number of rotatable bonds is 8. The van der Waals surface area contributed by atoms with Gasteiger partial charge in [0.2, 0.25) is 5.88 Å².